The molecular formula is C14H15N3O3S. The predicted octanol–water partition coefficient (Wildman–Crippen LogP) is 1.63. The van der Waals surface area contributed by atoms with Crippen LogP contribution in [0.25, 0.3) is 0 Å². The Morgan fingerprint density at radius 2 is 1.95 bits per heavy atom. The van der Waals surface area contributed by atoms with Crippen LogP contribution in [0.5, 0.6) is 0 Å². The zero-order valence-electron chi connectivity index (χ0n) is 11.6. The second-order valence-electron chi connectivity index (χ2n) is 4.70. The minimum Gasteiger partial charge on any atom is -0.399 e. The number of carbonyl (C=O) groups excluding carboxylic acids is 1. The summed E-state index contributed by atoms with van der Waals surface area (Å²) in [6.45, 7) is 1.80. The smallest absolute Gasteiger partial charge is 0.255 e. The highest BCUT2D eigenvalue weighted by Gasteiger charge is 2.13. The van der Waals surface area contributed by atoms with Gasteiger partial charge in [-0.3, -0.25) is 9.78 Å². The van der Waals surface area contributed by atoms with E-state index < -0.39 is 15.7 Å². The highest BCUT2D eigenvalue weighted by molar-refractivity contribution is 7.90. The molecule has 0 aliphatic heterocycles. The molecule has 0 fully saturated rings. The number of nitrogen functional groups attached to an aromatic ring is 1. The van der Waals surface area contributed by atoms with Crippen molar-refractivity contribution in [2.24, 2.45) is 0 Å². The number of nitrogens with zero attached hydrogens (tertiary/aromatic N) is 1. The Balaban J connectivity index is 2.33. The van der Waals surface area contributed by atoms with Gasteiger partial charge < -0.3 is 11.1 Å². The molecule has 110 valence electrons. The van der Waals surface area contributed by atoms with E-state index in [0.717, 1.165) is 11.9 Å². The molecule has 3 N–H and O–H groups in total. The lowest BCUT2D eigenvalue weighted by atomic mass is 10.2. The molecule has 0 saturated heterocycles. The molecule has 1 heterocycles. The van der Waals surface area contributed by atoms with Gasteiger partial charge in [-0.1, -0.05) is 0 Å². The van der Waals surface area contributed by atoms with Crippen LogP contribution < -0.4 is 11.1 Å². The Morgan fingerprint density at radius 3 is 2.57 bits per heavy atom. The predicted molar refractivity (Wildman–Crippen MR) is 80.9 cm³/mol. The molecule has 2 rings (SSSR count). The summed E-state index contributed by atoms with van der Waals surface area (Å²) in [6, 6.07) is 7.41. The molecule has 1 amide bonds. The minimum absolute atomic E-state index is 0.0126. The number of benzene rings is 1. The summed E-state index contributed by atoms with van der Waals surface area (Å²) in [5.41, 5.74) is 7.40. The van der Waals surface area contributed by atoms with Gasteiger partial charge in [0.25, 0.3) is 5.91 Å². The van der Waals surface area contributed by atoms with Crippen LogP contribution in [-0.4, -0.2) is 25.6 Å². The maximum absolute atomic E-state index is 12.2. The van der Waals surface area contributed by atoms with Gasteiger partial charge in [-0.25, -0.2) is 8.42 Å². The largest absolute Gasteiger partial charge is 0.399 e. The summed E-state index contributed by atoms with van der Waals surface area (Å²) in [7, 11) is -3.43. The van der Waals surface area contributed by atoms with Crippen LogP contribution >= 0.6 is 0 Å². The zero-order valence-corrected chi connectivity index (χ0v) is 12.4. The van der Waals surface area contributed by atoms with Crippen molar-refractivity contribution >= 4 is 27.1 Å². The minimum atomic E-state index is -3.43. The van der Waals surface area contributed by atoms with Gasteiger partial charge in [-0.05, 0) is 37.3 Å². The Kier molecular flexibility index (Phi) is 3.95. The first-order valence-electron chi connectivity index (χ1n) is 6.10. The van der Waals surface area contributed by atoms with E-state index in [4.69, 9.17) is 5.73 Å². The zero-order chi connectivity index (χ0) is 15.6. The number of hydrogen-bond donors (Lipinski definition) is 2. The third kappa shape index (κ3) is 3.79. The van der Waals surface area contributed by atoms with Crippen LogP contribution in [-0.2, 0) is 9.84 Å². The van der Waals surface area contributed by atoms with Crippen molar-refractivity contribution in [3.05, 3.63) is 47.8 Å². The van der Waals surface area contributed by atoms with Crippen molar-refractivity contribution < 1.29 is 13.2 Å². The number of amides is 1. The van der Waals surface area contributed by atoms with E-state index in [1.54, 1.807) is 25.3 Å². The number of anilines is 2. The number of nitrogens with two attached hydrogens (primary N) is 1. The van der Waals surface area contributed by atoms with Gasteiger partial charge in [0.1, 0.15) is 0 Å². The van der Waals surface area contributed by atoms with Crippen LogP contribution in [0.15, 0.2) is 41.4 Å². The topological polar surface area (TPSA) is 102 Å². The molecule has 0 unspecified atom stereocenters. The molecule has 1 aromatic heterocycles. The van der Waals surface area contributed by atoms with E-state index in [1.165, 1.54) is 18.2 Å². The quantitative estimate of drug-likeness (QED) is 0.839. The standard InChI is InChI=1S/C14H15N3O3S/c1-9-5-12(3-4-16-9)17-14(18)10-6-11(15)8-13(7-10)21(2,19)20/h3-8H,15H2,1-2H3,(H,16,17,18). The number of hydrogen-bond acceptors (Lipinski definition) is 5. The average molecular weight is 305 g/mol. The molecule has 2 aromatic rings. The molecule has 0 spiro atoms. The number of aromatic nitrogens is 1. The Hall–Kier alpha value is -2.41. The molecule has 1 aromatic carbocycles. The molecule has 0 aliphatic rings. The maximum atomic E-state index is 12.2. The van der Waals surface area contributed by atoms with E-state index in [2.05, 4.69) is 10.3 Å². The molecule has 0 aliphatic carbocycles. The summed E-state index contributed by atoms with van der Waals surface area (Å²) in [4.78, 5) is 16.2. The van der Waals surface area contributed by atoms with Crippen LogP contribution in [0.3, 0.4) is 0 Å². The van der Waals surface area contributed by atoms with E-state index in [-0.39, 0.29) is 16.1 Å². The van der Waals surface area contributed by atoms with E-state index in [0.29, 0.717) is 5.69 Å². The number of rotatable bonds is 3. The highest BCUT2D eigenvalue weighted by atomic mass is 32.2. The van der Waals surface area contributed by atoms with Crippen molar-refractivity contribution in [3.8, 4) is 0 Å². The van der Waals surface area contributed by atoms with E-state index in [1.807, 2.05) is 0 Å². The second-order valence-corrected chi connectivity index (χ2v) is 6.72. The number of sulfone groups is 1. The molecule has 0 bridgehead atoms. The van der Waals surface area contributed by atoms with E-state index in [9.17, 15) is 13.2 Å². The molecule has 0 radical (unpaired) electrons. The number of carbonyl (C=O) groups is 1. The Labute approximate surface area is 122 Å². The van der Waals surface area contributed by atoms with Crippen LogP contribution in [0.2, 0.25) is 0 Å². The fourth-order valence-corrected chi connectivity index (χ4v) is 2.49. The van der Waals surface area contributed by atoms with Gasteiger partial charge in [0.15, 0.2) is 9.84 Å². The van der Waals surface area contributed by atoms with Gasteiger partial charge in [0.05, 0.1) is 4.90 Å². The fraction of sp³-hybridized carbons (Fsp3) is 0.143. The Morgan fingerprint density at radius 1 is 1.24 bits per heavy atom. The summed E-state index contributed by atoms with van der Waals surface area (Å²) in [5.74, 6) is -0.433. The Bertz CT molecular complexity index is 801. The van der Waals surface area contributed by atoms with Gasteiger partial charge in [-0.15, -0.1) is 0 Å². The first-order chi connectivity index (χ1) is 9.75. The van der Waals surface area contributed by atoms with E-state index >= 15 is 0 Å². The number of nitrogens with one attached hydrogen (secondary N) is 1. The van der Waals surface area contributed by atoms with Crippen molar-refractivity contribution in [2.45, 2.75) is 11.8 Å². The monoisotopic (exact) mass is 305 g/mol. The normalized spacial score (nSPS) is 11.1. The maximum Gasteiger partial charge on any atom is 0.255 e. The first kappa shape index (κ1) is 15.0. The van der Waals surface area contributed by atoms with Crippen molar-refractivity contribution in [3.63, 3.8) is 0 Å². The molecule has 7 heteroatoms. The molecule has 21 heavy (non-hydrogen) atoms. The summed E-state index contributed by atoms with van der Waals surface area (Å²) in [5, 5.41) is 2.68. The highest BCUT2D eigenvalue weighted by Crippen LogP contribution is 2.18. The SMILES string of the molecule is Cc1cc(NC(=O)c2cc(N)cc(S(C)(=O)=O)c2)ccn1. The van der Waals surface area contributed by atoms with Gasteiger partial charge in [0, 0.05) is 35.1 Å². The lowest BCUT2D eigenvalue weighted by molar-refractivity contribution is 0.102. The number of aryl methyl sites for hydroxylation is 1. The third-order valence-corrected chi connectivity index (χ3v) is 3.87. The second kappa shape index (κ2) is 5.53. The summed E-state index contributed by atoms with van der Waals surface area (Å²) in [6.07, 6.45) is 2.64. The lowest BCUT2D eigenvalue weighted by Crippen LogP contribution is -2.13. The van der Waals surface area contributed by atoms with Gasteiger partial charge >= 0.3 is 0 Å². The molecule has 6 nitrogen and oxygen atoms in total. The number of pyridine rings is 1. The van der Waals surface area contributed by atoms with Crippen LogP contribution in [0.4, 0.5) is 11.4 Å². The average Bonchev–Trinajstić information content (AvgIpc) is 2.37. The van der Waals surface area contributed by atoms with Crippen LogP contribution in [0, 0.1) is 6.92 Å². The molecular weight excluding hydrogens is 290 g/mol. The van der Waals surface area contributed by atoms with Gasteiger partial charge in [0.2, 0.25) is 0 Å². The summed E-state index contributed by atoms with van der Waals surface area (Å²) < 4.78 is 23.1. The van der Waals surface area contributed by atoms with Crippen molar-refractivity contribution in [1.82, 2.24) is 4.98 Å². The summed E-state index contributed by atoms with van der Waals surface area (Å²) >= 11 is 0. The van der Waals surface area contributed by atoms with Crippen molar-refractivity contribution in [1.29, 1.82) is 0 Å². The fourth-order valence-electron chi connectivity index (χ4n) is 1.79. The van der Waals surface area contributed by atoms with Crippen LogP contribution in [0.1, 0.15) is 16.1 Å². The molecule has 0 saturated carbocycles. The van der Waals surface area contributed by atoms with Crippen molar-refractivity contribution in [2.75, 3.05) is 17.3 Å². The third-order valence-electron chi connectivity index (χ3n) is 2.77. The van der Waals surface area contributed by atoms with Gasteiger partial charge in [-0.2, -0.15) is 0 Å². The molecule has 0 atom stereocenters. The first-order valence-corrected chi connectivity index (χ1v) is 7.99. The lowest BCUT2D eigenvalue weighted by Gasteiger charge is -2.08.